The van der Waals surface area contributed by atoms with Crippen molar-refractivity contribution < 1.29 is 4.74 Å². The fraction of sp³-hybridized carbons (Fsp3) is 0.929. The lowest BCUT2D eigenvalue weighted by atomic mass is 9.89. The summed E-state index contributed by atoms with van der Waals surface area (Å²) in [6.45, 7) is 8.05. The minimum atomic E-state index is -0.156. The Morgan fingerprint density at radius 2 is 2.24 bits per heavy atom. The van der Waals surface area contributed by atoms with Gasteiger partial charge < -0.3 is 10.1 Å². The lowest BCUT2D eigenvalue weighted by Gasteiger charge is -2.22. The molecule has 1 aliphatic rings. The number of nitrogens with zero attached hydrogens (tertiary/aromatic N) is 1. The zero-order valence-corrected chi connectivity index (χ0v) is 11.3. The highest BCUT2D eigenvalue weighted by Gasteiger charge is 2.15. The average molecular weight is 238 g/mol. The Hall–Kier alpha value is -0.590. The molecule has 0 aliphatic carbocycles. The Kier molecular flexibility index (Phi) is 6.54. The van der Waals surface area contributed by atoms with Crippen LogP contribution in [-0.2, 0) is 4.74 Å². The van der Waals surface area contributed by atoms with Gasteiger partial charge in [0.15, 0.2) is 0 Å². The maximum atomic E-state index is 8.89. The molecule has 0 amide bonds. The maximum absolute atomic E-state index is 8.89. The van der Waals surface area contributed by atoms with Crippen molar-refractivity contribution in [2.45, 2.75) is 46.0 Å². The van der Waals surface area contributed by atoms with Gasteiger partial charge in [-0.15, -0.1) is 0 Å². The molecule has 1 unspecified atom stereocenters. The van der Waals surface area contributed by atoms with Gasteiger partial charge in [-0.05, 0) is 52.0 Å². The van der Waals surface area contributed by atoms with Crippen LogP contribution in [-0.4, -0.2) is 26.3 Å². The second-order valence-electron chi connectivity index (χ2n) is 5.74. The molecule has 1 rings (SSSR count). The van der Waals surface area contributed by atoms with Gasteiger partial charge in [-0.3, -0.25) is 0 Å². The Labute approximate surface area is 106 Å². The van der Waals surface area contributed by atoms with Gasteiger partial charge in [-0.1, -0.05) is 6.42 Å². The number of unbranched alkanes of at least 4 members (excludes halogenated alkanes) is 1. The molecule has 98 valence electrons. The molecular weight excluding hydrogens is 212 g/mol. The van der Waals surface area contributed by atoms with E-state index in [4.69, 9.17) is 10.00 Å². The molecule has 0 radical (unpaired) electrons. The summed E-state index contributed by atoms with van der Waals surface area (Å²) in [7, 11) is 0. The molecule has 0 aromatic heterocycles. The molecule has 17 heavy (non-hydrogen) atoms. The fourth-order valence-corrected chi connectivity index (χ4v) is 2.15. The highest BCUT2D eigenvalue weighted by molar-refractivity contribution is 4.91. The molecule has 0 aromatic carbocycles. The van der Waals surface area contributed by atoms with Crippen LogP contribution < -0.4 is 5.32 Å². The van der Waals surface area contributed by atoms with E-state index < -0.39 is 0 Å². The third kappa shape index (κ3) is 6.65. The summed E-state index contributed by atoms with van der Waals surface area (Å²) in [6, 6.07) is 2.35. The van der Waals surface area contributed by atoms with Gasteiger partial charge in [0.05, 0.1) is 18.1 Å². The number of nitriles is 1. The van der Waals surface area contributed by atoms with Crippen LogP contribution >= 0.6 is 0 Å². The van der Waals surface area contributed by atoms with Gasteiger partial charge >= 0.3 is 0 Å². The molecule has 0 aromatic rings. The zero-order valence-electron chi connectivity index (χ0n) is 11.3. The van der Waals surface area contributed by atoms with Crippen LogP contribution in [0.2, 0.25) is 0 Å². The van der Waals surface area contributed by atoms with Crippen molar-refractivity contribution in [1.82, 2.24) is 5.32 Å². The second-order valence-corrected chi connectivity index (χ2v) is 5.74. The van der Waals surface area contributed by atoms with Crippen LogP contribution in [0.25, 0.3) is 0 Å². The third-order valence-electron chi connectivity index (χ3n) is 3.40. The van der Waals surface area contributed by atoms with Crippen LogP contribution in [0.1, 0.15) is 46.0 Å². The lowest BCUT2D eigenvalue weighted by molar-refractivity contribution is 0.0549. The maximum Gasteiger partial charge on any atom is 0.0683 e. The van der Waals surface area contributed by atoms with E-state index in [0.29, 0.717) is 5.92 Å². The van der Waals surface area contributed by atoms with E-state index in [2.05, 4.69) is 11.4 Å². The van der Waals surface area contributed by atoms with E-state index in [-0.39, 0.29) is 5.41 Å². The van der Waals surface area contributed by atoms with Gasteiger partial charge in [0.25, 0.3) is 0 Å². The van der Waals surface area contributed by atoms with E-state index in [1.807, 2.05) is 13.8 Å². The zero-order chi connectivity index (χ0) is 12.6. The summed E-state index contributed by atoms with van der Waals surface area (Å²) >= 11 is 0. The average Bonchev–Trinajstić information content (AvgIpc) is 2.35. The molecule has 1 heterocycles. The van der Waals surface area contributed by atoms with E-state index in [9.17, 15) is 0 Å². The van der Waals surface area contributed by atoms with Crippen molar-refractivity contribution in [2.24, 2.45) is 11.3 Å². The Bertz CT molecular complexity index is 239. The summed E-state index contributed by atoms with van der Waals surface area (Å²) in [5.74, 6) is 0.708. The second kappa shape index (κ2) is 7.68. The molecule has 1 N–H and O–H groups in total. The van der Waals surface area contributed by atoms with E-state index in [1.165, 1.54) is 19.3 Å². The van der Waals surface area contributed by atoms with Gasteiger partial charge in [-0.2, -0.15) is 5.26 Å². The van der Waals surface area contributed by atoms with Crippen LogP contribution in [0.4, 0.5) is 0 Å². The third-order valence-corrected chi connectivity index (χ3v) is 3.40. The molecule has 1 fully saturated rings. The van der Waals surface area contributed by atoms with Crippen LogP contribution in [0.5, 0.6) is 0 Å². The summed E-state index contributed by atoms with van der Waals surface area (Å²) in [6.07, 6.45) is 5.81. The monoisotopic (exact) mass is 238 g/mol. The standard InChI is InChI=1S/C14H26N2O/c1-14(2,12-15)7-3-4-8-16-10-13-6-5-9-17-11-13/h13,16H,3-11H2,1-2H3. The summed E-state index contributed by atoms with van der Waals surface area (Å²) in [5, 5.41) is 12.4. The number of nitrogens with one attached hydrogen (secondary N) is 1. The Morgan fingerprint density at radius 1 is 1.41 bits per heavy atom. The highest BCUT2D eigenvalue weighted by atomic mass is 16.5. The molecule has 0 spiro atoms. The number of rotatable bonds is 7. The molecule has 1 atom stereocenters. The Balaban J connectivity index is 1.92. The minimum Gasteiger partial charge on any atom is -0.381 e. The number of ether oxygens (including phenoxy) is 1. The number of hydrogen-bond donors (Lipinski definition) is 1. The van der Waals surface area contributed by atoms with Crippen LogP contribution in [0.3, 0.4) is 0 Å². The summed E-state index contributed by atoms with van der Waals surface area (Å²) in [5.41, 5.74) is -0.156. The molecular formula is C14H26N2O. The van der Waals surface area contributed by atoms with Crippen molar-refractivity contribution in [2.75, 3.05) is 26.3 Å². The highest BCUT2D eigenvalue weighted by Crippen LogP contribution is 2.21. The Morgan fingerprint density at radius 3 is 2.88 bits per heavy atom. The van der Waals surface area contributed by atoms with Crippen molar-refractivity contribution in [3.8, 4) is 6.07 Å². The first-order valence-corrected chi connectivity index (χ1v) is 6.84. The van der Waals surface area contributed by atoms with Gasteiger partial charge in [0.2, 0.25) is 0 Å². The predicted octanol–water partition coefficient (Wildman–Crippen LogP) is 2.72. The normalized spacial score (nSPS) is 21.1. The quantitative estimate of drug-likeness (QED) is 0.694. The first kappa shape index (κ1) is 14.5. The first-order chi connectivity index (χ1) is 8.14. The minimum absolute atomic E-state index is 0.156. The van der Waals surface area contributed by atoms with Crippen molar-refractivity contribution in [1.29, 1.82) is 5.26 Å². The fourth-order valence-electron chi connectivity index (χ4n) is 2.15. The molecule has 3 nitrogen and oxygen atoms in total. The van der Waals surface area contributed by atoms with Crippen molar-refractivity contribution in [3.05, 3.63) is 0 Å². The van der Waals surface area contributed by atoms with Crippen LogP contribution in [0, 0.1) is 22.7 Å². The lowest BCUT2D eigenvalue weighted by Crippen LogP contribution is -2.29. The molecule has 1 saturated heterocycles. The van der Waals surface area contributed by atoms with Gasteiger partial charge in [0, 0.05) is 13.2 Å². The van der Waals surface area contributed by atoms with Crippen molar-refractivity contribution >= 4 is 0 Å². The predicted molar refractivity (Wildman–Crippen MR) is 69.7 cm³/mol. The number of hydrogen-bond acceptors (Lipinski definition) is 3. The van der Waals surface area contributed by atoms with Crippen LogP contribution in [0.15, 0.2) is 0 Å². The molecule has 3 heteroatoms. The molecule has 1 aliphatic heterocycles. The topological polar surface area (TPSA) is 45.0 Å². The summed E-state index contributed by atoms with van der Waals surface area (Å²) in [4.78, 5) is 0. The van der Waals surface area contributed by atoms with E-state index in [1.54, 1.807) is 0 Å². The van der Waals surface area contributed by atoms with Gasteiger partial charge in [-0.25, -0.2) is 0 Å². The van der Waals surface area contributed by atoms with E-state index in [0.717, 1.165) is 39.1 Å². The largest absolute Gasteiger partial charge is 0.381 e. The first-order valence-electron chi connectivity index (χ1n) is 6.84. The SMILES string of the molecule is CC(C)(C#N)CCCCNCC1CCCOC1. The smallest absolute Gasteiger partial charge is 0.0683 e. The van der Waals surface area contributed by atoms with Crippen molar-refractivity contribution in [3.63, 3.8) is 0 Å². The molecule has 0 bridgehead atoms. The van der Waals surface area contributed by atoms with Gasteiger partial charge in [0.1, 0.15) is 0 Å². The summed E-state index contributed by atoms with van der Waals surface area (Å²) < 4.78 is 5.44. The van der Waals surface area contributed by atoms with E-state index >= 15 is 0 Å². The molecule has 0 saturated carbocycles.